The number of benzene rings is 1. The lowest BCUT2D eigenvalue weighted by molar-refractivity contribution is -0.136. The molecule has 1 fully saturated rings. The molecule has 1 unspecified atom stereocenters. The van der Waals surface area contributed by atoms with E-state index in [1.165, 1.54) is 12.1 Å². The van der Waals surface area contributed by atoms with E-state index < -0.39 is 11.9 Å². The molecular formula is C14H19N3O4. The van der Waals surface area contributed by atoms with E-state index in [0.717, 1.165) is 0 Å². The lowest BCUT2D eigenvalue weighted by Crippen LogP contribution is -2.50. The van der Waals surface area contributed by atoms with Crippen LogP contribution >= 0.6 is 0 Å². The minimum Gasteiger partial charge on any atom is -0.505 e. The van der Waals surface area contributed by atoms with Gasteiger partial charge in [0.15, 0.2) is 5.75 Å². The monoisotopic (exact) mass is 293 g/mol. The van der Waals surface area contributed by atoms with Gasteiger partial charge < -0.3 is 25.8 Å². The number of hydrogen-bond acceptors (Lipinski definition) is 5. The lowest BCUT2D eigenvalue weighted by Gasteiger charge is -2.29. The highest BCUT2D eigenvalue weighted by molar-refractivity contribution is 6.00. The molecule has 7 nitrogen and oxygen atoms in total. The zero-order valence-electron chi connectivity index (χ0n) is 11.8. The number of rotatable bonds is 3. The zero-order valence-corrected chi connectivity index (χ0v) is 11.8. The van der Waals surface area contributed by atoms with E-state index in [-0.39, 0.29) is 22.9 Å². The van der Waals surface area contributed by atoms with Crippen molar-refractivity contribution in [3.63, 3.8) is 0 Å². The number of carbonyl (C=O) groups excluding carboxylic acids is 2. The van der Waals surface area contributed by atoms with Gasteiger partial charge in [-0.2, -0.15) is 0 Å². The molecular weight excluding hydrogens is 274 g/mol. The summed E-state index contributed by atoms with van der Waals surface area (Å²) in [5.74, 6) is -0.982. The van der Waals surface area contributed by atoms with Crippen LogP contribution in [0, 0.1) is 0 Å². The molecule has 1 aliphatic rings. The lowest BCUT2D eigenvalue weighted by atomic mass is 10.1. The van der Waals surface area contributed by atoms with E-state index in [0.29, 0.717) is 26.3 Å². The average molecular weight is 293 g/mol. The van der Waals surface area contributed by atoms with Gasteiger partial charge in [-0.25, -0.2) is 0 Å². The summed E-state index contributed by atoms with van der Waals surface area (Å²) in [5, 5.41) is 12.3. The number of phenols is 1. The van der Waals surface area contributed by atoms with Crippen LogP contribution in [0.25, 0.3) is 0 Å². The van der Waals surface area contributed by atoms with Gasteiger partial charge in [-0.1, -0.05) is 6.07 Å². The van der Waals surface area contributed by atoms with Crippen molar-refractivity contribution in [2.45, 2.75) is 13.0 Å². The maximum atomic E-state index is 12.2. The van der Waals surface area contributed by atoms with Crippen molar-refractivity contribution in [2.24, 2.45) is 0 Å². The minimum absolute atomic E-state index is 0.0524. The molecule has 2 rings (SSSR count). The predicted octanol–water partition coefficient (Wildman–Crippen LogP) is -0.0485. The third-order valence-electron chi connectivity index (χ3n) is 3.35. The third kappa shape index (κ3) is 3.43. The highest BCUT2D eigenvalue weighted by Gasteiger charge is 2.24. The largest absolute Gasteiger partial charge is 0.505 e. The molecule has 7 heteroatoms. The number of para-hydroxylation sites is 1. The number of hydrogen-bond donors (Lipinski definition) is 3. The summed E-state index contributed by atoms with van der Waals surface area (Å²) in [6.07, 6.45) is 0. The second-order valence-electron chi connectivity index (χ2n) is 4.88. The van der Waals surface area contributed by atoms with Crippen molar-refractivity contribution < 1.29 is 19.4 Å². The Bertz CT molecular complexity index is 541. The van der Waals surface area contributed by atoms with Crippen molar-refractivity contribution in [3.8, 4) is 5.75 Å². The number of nitrogens with zero attached hydrogens (tertiary/aromatic N) is 1. The normalized spacial score (nSPS) is 16.3. The first kappa shape index (κ1) is 15.1. The summed E-state index contributed by atoms with van der Waals surface area (Å²) >= 11 is 0. The van der Waals surface area contributed by atoms with Gasteiger partial charge in [-0.15, -0.1) is 0 Å². The summed E-state index contributed by atoms with van der Waals surface area (Å²) in [6, 6.07) is 3.83. The molecule has 114 valence electrons. The first-order chi connectivity index (χ1) is 10.0. The van der Waals surface area contributed by atoms with E-state index in [1.807, 2.05) is 0 Å². The van der Waals surface area contributed by atoms with Crippen LogP contribution in [-0.4, -0.2) is 54.2 Å². The van der Waals surface area contributed by atoms with E-state index in [1.54, 1.807) is 17.9 Å². The number of carbonyl (C=O) groups is 2. The van der Waals surface area contributed by atoms with Gasteiger partial charge in [0, 0.05) is 13.1 Å². The Labute approximate surface area is 122 Å². The fourth-order valence-electron chi connectivity index (χ4n) is 2.14. The van der Waals surface area contributed by atoms with Crippen LogP contribution in [0.15, 0.2) is 18.2 Å². The number of aromatic hydroxyl groups is 1. The van der Waals surface area contributed by atoms with E-state index in [4.69, 9.17) is 10.5 Å². The van der Waals surface area contributed by atoms with Gasteiger partial charge >= 0.3 is 0 Å². The highest BCUT2D eigenvalue weighted by Crippen LogP contribution is 2.24. The van der Waals surface area contributed by atoms with Crippen molar-refractivity contribution in [2.75, 3.05) is 32.0 Å². The van der Waals surface area contributed by atoms with E-state index in [2.05, 4.69) is 5.32 Å². The molecule has 1 saturated heterocycles. The standard InChI is InChI=1S/C14H19N3O4/c1-9(14(20)17-5-7-21-8-6-17)16-13(19)10-3-2-4-11(15)12(10)18/h2-4,9,18H,5-8,15H2,1H3,(H,16,19). The highest BCUT2D eigenvalue weighted by atomic mass is 16.5. The Morgan fingerprint density at radius 1 is 1.38 bits per heavy atom. The van der Waals surface area contributed by atoms with Crippen LogP contribution in [0.1, 0.15) is 17.3 Å². The molecule has 0 saturated carbocycles. The summed E-state index contributed by atoms with van der Waals surface area (Å²) in [6.45, 7) is 3.65. The van der Waals surface area contributed by atoms with Crippen molar-refractivity contribution in [1.82, 2.24) is 10.2 Å². The van der Waals surface area contributed by atoms with Crippen molar-refractivity contribution in [3.05, 3.63) is 23.8 Å². The molecule has 0 radical (unpaired) electrons. The second kappa shape index (κ2) is 6.45. The molecule has 0 aliphatic carbocycles. The Morgan fingerprint density at radius 3 is 2.71 bits per heavy atom. The van der Waals surface area contributed by atoms with Crippen molar-refractivity contribution in [1.29, 1.82) is 0 Å². The first-order valence-electron chi connectivity index (χ1n) is 6.75. The van der Waals surface area contributed by atoms with Crippen LogP contribution in [0.2, 0.25) is 0 Å². The van der Waals surface area contributed by atoms with Gasteiger partial charge in [-0.3, -0.25) is 9.59 Å². The fraction of sp³-hybridized carbons (Fsp3) is 0.429. The van der Waals surface area contributed by atoms with Gasteiger partial charge in [-0.05, 0) is 19.1 Å². The van der Waals surface area contributed by atoms with Gasteiger partial charge in [0.2, 0.25) is 5.91 Å². The molecule has 0 spiro atoms. The number of amides is 2. The maximum Gasteiger partial charge on any atom is 0.255 e. The minimum atomic E-state index is -0.684. The maximum absolute atomic E-state index is 12.2. The number of phenolic OH excluding ortho intramolecular Hbond substituents is 1. The molecule has 4 N–H and O–H groups in total. The molecule has 1 aromatic carbocycles. The first-order valence-corrected chi connectivity index (χ1v) is 6.75. The molecule has 1 aromatic rings. The second-order valence-corrected chi connectivity index (χ2v) is 4.88. The van der Waals surface area contributed by atoms with Crippen LogP contribution < -0.4 is 11.1 Å². The zero-order chi connectivity index (χ0) is 15.4. The Morgan fingerprint density at radius 2 is 2.05 bits per heavy atom. The molecule has 1 heterocycles. The van der Waals surface area contributed by atoms with Crippen molar-refractivity contribution >= 4 is 17.5 Å². The number of nitrogens with one attached hydrogen (secondary N) is 1. The molecule has 1 aliphatic heterocycles. The quantitative estimate of drug-likeness (QED) is 0.535. The number of morpholine rings is 1. The third-order valence-corrected chi connectivity index (χ3v) is 3.35. The molecule has 0 aromatic heterocycles. The Kier molecular flexibility index (Phi) is 4.64. The van der Waals surface area contributed by atoms with Crippen LogP contribution in [-0.2, 0) is 9.53 Å². The summed E-state index contributed by atoms with van der Waals surface area (Å²) in [4.78, 5) is 25.9. The SMILES string of the molecule is CC(NC(=O)c1cccc(N)c1O)C(=O)N1CCOCC1. The van der Waals surface area contributed by atoms with Gasteiger partial charge in [0.25, 0.3) is 5.91 Å². The van der Waals surface area contributed by atoms with Gasteiger partial charge in [0.1, 0.15) is 6.04 Å². The summed E-state index contributed by atoms with van der Waals surface area (Å²) < 4.78 is 5.18. The molecule has 0 bridgehead atoms. The summed E-state index contributed by atoms with van der Waals surface area (Å²) in [5.41, 5.74) is 5.72. The Hall–Kier alpha value is -2.28. The number of nitrogen functional groups attached to an aromatic ring is 1. The molecule has 1 atom stereocenters. The van der Waals surface area contributed by atoms with Gasteiger partial charge in [0.05, 0.1) is 24.5 Å². The average Bonchev–Trinajstić information content (AvgIpc) is 2.50. The van der Waals surface area contributed by atoms with Crippen LogP contribution in [0.4, 0.5) is 5.69 Å². The fourth-order valence-corrected chi connectivity index (χ4v) is 2.14. The number of anilines is 1. The van der Waals surface area contributed by atoms with Crippen LogP contribution in [0.5, 0.6) is 5.75 Å². The summed E-state index contributed by atoms with van der Waals surface area (Å²) in [7, 11) is 0. The number of nitrogens with two attached hydrogens (primary N) is 1. The number of ether oxygens (including phenoxy) is 1. The molecule has 2 amide bonds. The molecule has 21 heavy (non-hydrogen) atoms. The topological polar surface area (TPSA) is 105 Å². The van der Waals surface area contributed by atoms with Crippen LogP contribution in [0.3, 0.4) is 0 Å². The van der Waals surface area contributed by atoms with E-state index in [9.17, 15) is 14.7 Å². The predicted molar refractivity (Wildman–Crippen MR) is 76.8 cm³/mol. The Balaban J connectivity index is 2.01. The van der Waals surface area contributed by atoms with E-state index >= 15 is 0 Å². The smallest absolute Gasteiger partial charge is 0.255 e.